The molecule has 0 aromatic carbocycles. The van der Waals surface area contributed by atoms with Crippen molar-refractivity contribution in [2.45, 2.75) is 0 Å². The topological polar surface area (TPSA) is 103 Å². The molecule has 1 aromatic heterocycles. The second kappa shape index (κ2) is 3.70. The van der Waals surface area contributed by atoms with Crippen LogP contribution in [0.4, 0.5) is 0 Å². The Kier molecular flexibility index (Phi) is 2.63. The number of carbonyl (C=O) groups is 2. The number of hydrogen-bond acceptors (Lipinski definition) is 3. The van der Waals surface area contributed by atoms with Gasteiger partial charge in [0.25, 0.3) is 5.91 Å². The van der Waals surface area contributed by atoms with Crippen LogP contribution in [0.3, 0.4) is 0 Å². The molecule has 66 valence electrons. The summed E-state index contributed by atoms with van der Waals surface area (Å²) in [6.45, 7) is 0. The fourth-order valence-corrected chi connectivity index (χ4v) is 1.49. The number of hydrogen-bond donors (Lipinski definition) is 1. The van der Waals surface area contributed by atoms with Crippen molar-refractivity contribution in [2.24, 2.45) is 5.11 Å². The molecule has 1 heterocycles. The van der Waals surface area contributed by atoms with Crippen LogP contribution in [0, 0.1) is 0 Å². The number of azide groups is 1. The molecular formula is C6H3N3O3S. The minimum atomic E-state index is -1.21. The van der Waals surface area contributed by atoms with Crippen LogP contribution in [-0.2, 0) is 0 Å². The van der Waals surface area contributed by atoms with Crippen LogP contribution >= 0.6 is 11.3 Å². The first-order valence-corrected chi connectivity index (χ1v) is 3.95. The van der Waals surface area contributed by atoms with Crippen LogP contribution in [-0.4, -0.2) is 17.0 Å². The lowest BCUT2D eigenvalue weighted by Crippen LogP contribution is -2.01. The highest BCUT2D eigenvalue weighted by Gasteiger charge is 2.16. The number of thiophene rings is 1. The standard InChI is InChI=1S/C6H3N3O3S/c7-9-8-5(10)4-3(6(11)12)1-2-13-4/h1-2H,(H,11,12). The van der Waals surface area contributed by atoms with Gasteiger partial charge in [-0.25, -0.2) is 4.79 Å². The van der Waals surface area contributed by atoms with Gasteiger partial charge in [-0.3, -0.25) is 4.79 Å². The summed E-state index contributed by atoms with van der Waals surface area (Å²) in [7, 11) is 0. The van der Waals surface area contributed by atoms with Crippen molar-refractivity contribution in [3.8, 4) is 0 Å². The maximum atomic E-state index is 11.0. The fraction of sp³-hybridized carbons (Fsp3) is 0. The molecule has 1 rings (SSSR count). The SMILES string of the molecule is [N-]=[N+]=NC(=O)c1sccc1C(=O)O. The monoisotopic (exact) mass is 197 g/mol. The van der Waals surface area contributed by atoms with Gasteiger partial charge >= 0.3 is 5.97 Å². The molecule has 1 amide bonds. The van der Waals surface area contributed by atoms with Gasteiger partial charge in [-0.15, -0.1) is 11.3 Å². The van der Waals surface area contributed by atoms with E-state index in [2.05, 4.69) is 10.0 Å². The number of nitrogens with zero attached hydrogens (tertiary/aromatic N) is 3. The normalized spacial score (nSPS) is 8.92. The van der Waals surface area contributed by atoms with E-state index in [1.165, 1.54) is 11.4 Å². The van der Waals surface area contributed by atoms with E-state index in [9.17, 15) is 9.59 Å². The van der Waals surface area contributed by atoms with Gasteiger partial charge < -0.3 is 5.11 Å². The summed E-state index contributed by atoms with van der Waals surface area (Å²) >= 11 is 0.931. The summed E-state index contributed by atoms with van der Waals surface area (Å²) in [5, 5.41) is 12.8. The Morgan fingerprint density at radius 2 is 2.31 bits per heavy atom. The molecule has 0 aliphatic carbocycles. The van der Waals surface area contributed by atoms with E-state index in [0.717, 1.165) is 11.3 Å². The number of carboxylic acids is 1. The van der Waals surface area contributed by atoms with Crippen LogP contribution in [0.1, 0.15) is 20.0 Å². The minimum Gasteiger partial charge on any atom is -0.478 e. The van der Waals surface area contributed by atoms with Gasteiger partial charge in [0.05, 0.1) is 10.4 Å². The lowest BCUT2D eigenvalue weighted by Gasteiger charge is -1.91. The van der Waals surface area contributed by atoms with E-state index < -0.39 is 11.9 Å². The van der Waals surface area contributed by atoms with Crippen LogP contribution in [0.5, 0.6) is 0 Å². The number of carboxylic acid groups (broad SMARTS) is 1. The van der Waals surface area contributed by atoms with Gasteiger partial charge in [-0.2, -0.15) is 0 Å². The molecule has 0 unspecified atom stereocenters. The van der Waals surface area contributed by atoms with E-state index in [0.29, 0.717) is 0 Å². The summed E-state index contributed by atoms with van der Waals surface area (Å²) in [5.41, 5.74) is 7.82. The Hall–Kier alpha value is -1.85. The minimum absolute atomic E-state index is 0.0506. The second-order valence-electron chi connectivity index (χ2n) is 1.96. The Morgan fingerprint density at radius 3 is 2.85 bits per heavy atom. The first-order chi connectivity index (χ1) is 6.16. The van der Waals surface area contributed by atoms with Crippen molar-refractivity contribution in [1.82, 2.24) is 0 Å². The van der Waals surface area contributed by atoms with Gasteiger partial charge in [-0.1, -0.05) is 0 Å². The summed E-state index contributed by atoms with van der Waals surface area (Å²) in [4.78, 5) is 23.7. The van der Waals surface area contributed by atoms with Crippen molar-refractivity contribution in [1.29, 1.82) is 0 Å². The summed E-state index contributed by atoms with van der Waals surface area (Å²) in [6.07, 6.45) is 0. The molecule has 0 saturated heterocycles. The smallest absolute Gasteiger partial charge is 0.337 e. The largest absolute Gasteiger partial charge is 0.478 e. The van der Waals surface area contributed by atoms with Crippen LogP contribution in [0.15, 0.2) is 16.6 Å². The second-order valence-corrected chi connectivity index (χ2v) is 2.88. The molecule has 0 aliphatic rings. The predicted molar refractivity (Wildman–Crippen MR) is 44.8 cm³/mol. The highest BCUT2D eigenvalue weighted by atomic mass is 32.1. The van der Waals surface area contributed by atoms with E-state index in [-0.39, 0.29) is 10.4 Å². The Morgan fingerprint density at radius 1 is 1.62 bits per heavy atom. The molecule has 0 radical (unpaired) electrons. The lowest BCUT2D eigenvalue weighted by atomic mass is 10.2. The molecule has 1 aromatic rings. The van der Waals surface area contributed by atoms with Crippen molar-refractivity contribution in [3.63, 3.8) is 0 Å². The van der Waals surface area contributed by atoms with Crippen molar-refractivity contribution < 1.29 is 14.7 Å². The summed E-state index contributed by atoms with van der Waals surface area (Å²) < 4.78 is 0. The molecule has 0 atom stereocenters. The van der Waals surface area contributed by atoms with E-state index in [1.807, 2.05) is 0 Å². The summed E-state index contributed by atoms with van der Waals surface area (Å²) in [6, 6.07) is 1.28. The van der Waals surface area contributed by atoms with Crippen LogP contribution in [0.2, 0.25) is 0 Å². The van der Waals surface area contributed by atoms with Crippen molar-refractivity contribution >= 4 is 23.2 Å². The van der Waals surface area contributed by atoms with Crippen LogP contribution < -0.4 is 0 Å². The lowest BCUT2D eigenvalue weighted by molar-refractivity contribution is 0.0693. The predicted octanol–water partition coefficient (Wildman–Crippen LogP) is 1.90. The van der Waals surface area contributed by atoms with E-state index >= 15 is 0 Å². The maximum Gasteiger partial charge on any atom is 0.337 e. The average molecular weight is 197 g/mol. The van der Waals surface area contributed by atoms with Gasteiger partial charge in [0.1, 0.15) is 0 Å². The highest BCUT2D eigenvalue weighted by molar-refractivity contribution is 7.12. The quantitative estimate of drug-likeness (QED) is 0.444. The Labute approximate surface area is 76.1 Å². The zero-order chi connectivity index (χ0) is 9.84. The summed E-state index contributed by atoms with van der Waals surface area (Å²) in [5.74, 6) is -2.08. The maximum absolute atomic E-state index is 11.0. The molecule has 6 nitrogen and oxygen atoms in total. The third kappa shape index (κ3) is 1.84. The molecule has 7 heteroatoms. The Bertz CT molecular complexity index is 405. The van der Waals surface area contributed by atoms with Gasteiger partial charge in [0.2, 0.25) is 0 Å². The van der Waals surface area contributed by atoms with Crippen molar-refractivity contribution in [3.05, 3.63) is 32.3 Å². The molecule has 0 saturated carbocycles. The number of carbonyl (C=O) groups excluding carboxylic acids is 1. The van der Waals surface area contributed by atoms with E-state index in [1.54, 1.807) is 0 Å². The molecule has 1 N–H and O–H groups in total. The number of rotatable bonds is 2. The van der Waals surface area contributed by atoms with E-state index in [4.69, 9.17) is 10.6 Å². The number of amides is 1. The van der Waals surface area contributed by atoms with Gasteiger partial charge in [0.15, 0.2) is 0 Å². The van der Waals surface area contributed by atoms with Gasteiger partial charge in [0, 0.05) is 4.91 Å². The van der Waals surface area contributed by atoms with Crippen LogP contribution in [0.25, 0.3) is 10.4 Å². The molecule has 0 bridgehead atoms. The average Bonchev–Trinajstić information content (AvgIpc) is 2.52. The molecule has 0 spiro atoms. The number of aromatic carboxylic acids is 1. The fourth-order valence-electron chi connectivity index (χ4n) is 0.729. The molecule has 0 fully saturated rings. The highest BCUT2D eigenvalue weighted by Crippen LogP contribution is 2.17. The molecule has 13 heavy (non-hydrogen) atoms. The molecular weight excluding hydrogens is 194 g/mol. The van der Waals surface area contributed by atoms with Gasteiger partial charge in [-0.05, 0) is 22.1 Å². The molecule has 0 aliphatic heterocycles. The third-order valence-corrected chi connectivity index (χ3v) is 2.13. The zero-order valence-corrected chi connectivity index (χ0v) is 6.98. The van der Waals surface area contributed by atoms with Crippen molar-refractivity contribution in [2.75, 3.05) is 0 Å². The third-order valence-electron chi connectivity index (χ3n) is 1.23. The first-order valence-electron chi connectivity index (χ1n) is 3.07. The first kappa shape index (κ1) is 9.24. The Balaban J connectivity index is 3.14. The zero-order valence-electron chi connectivity index (χ0n) is 6.17.